The summed E-state index contributed by atoms with van der Waals surface area (Å²) in [6.45, 7) is 7.17. The lowest BCUT2D eigenvalue weighted by Crippen LogP contribution is -2.22. The van der Waals surface area contributed by atoms with Gasteiger partial charge in [-0.05, 0) is 24.1 Å². The fourth-order valence-corrected chi connectivity index (χ4v) is 1.75. The van der Waals surface area contributed by atoms with E-state index in [1.807, 2.05) is 0 Å². The number of nitrogens with one attached hydrogen (secondary N) is 1. The smallest absolute Gasteiger partial charge is 0.123 e. The molecule has 0 spiro atoms. The first-order valence-corrected chi connectivity index (χ1v) is 6.09. The molecule has 3 heteroatoms. The van der Waals surface area contributed by atoms with E-state index in [9.17, 15) is 0 Å². The van der Waals surface area contributed by atoms with Gasteiger partial charge in [-0.15, -0.1) is 0 Å². The molecule has 0 fully saturated rings. The van der Waals surface area contributed by atoms with Crippen molar-refractivity contribution in [3.05, 3.63) is 23.3 Å². The molecule has 0 aliphatic heterocycles. The molecule has 1 N–H and O–H groups in total. The van der Waals surface area contributed by atoms with Crippen LogP contribution in [0.15, 0.2) is 12.1 Å². The predicted molar refractivity (Wildman–Crippen MR) is 70.9 cm³/mol. The maximum Gasteiger partial charge on any atom is 0.123 e. The summed E-state index contributed by atoms with van der Waals surface area (Å²) >= 11 is 0. The van der Waals surface area contributed by atoms with Crippen LogP contribution in [0.1, 0.15) is 31.9 Å². The highest BCUT2D eigenvalue weighted by Crippen LogP contribution is 2.29. The van der Waals surface area contributed by atoms with Crippen molar-refractivity contribution in [2.24, 2.45) is 0 Å². The summed E-state index contributed by atoms with van der Waals surface area (Å²) in [6.07, 6.45) is 0.942. The minimum atomic E-state index is 0.455. The van der Waals surface area contributed by atoms with Crippen molar-refractivity contribution >= 4 is 0 Å². The first-order valence-electron chi connectivity index (χ1n) is 6.09. The van der Waals surface area contributed by atoms with Gasteiger partial charge >= 0.3 is 0 Å². The standard InChI is InChI=1S/C14H23NO2/c1-6-11-7-14(17-5)12(8-13(11)16-4)9-15-10(2)3/h7-8,10,15H,6,9H2,1-5H3. The second kappa shape index (κ2) is 6.50. The molecule has 17 heavy (non-hydrogen) atoms. The maximum absolute atomic E-state index is 5.42. The normalized spacial score (nSPS) is 10.7. The van der Waals surface area contributed by atoms with Crippen molar-refractivity contribution < 1.29 is 9.47 Å². The minimum absolute atomic E-state index is 0.455. The number of benzene rings is 1. The van der Waals surface area contributed by atoms with Crippen LogP contribution in [-0.2, 0) is 13.0 Å². The monoisotopic (exact) mass is 237 g/mol. The van der Waals surface area contributed by atoms with E-state index in [1.165, 1.54) is 5.56 Å². The fraction of sp³-hybridized carbons (Fsp3) is 0.571. The molecule has 1 aromatic rings. The van der Waals surface area contributed by atoms with E-state index in [0.29, 0.717) is 6.04 Å². The lowest BCUT2D eigenvalue weighted by atomic mass is 10.1. The van der Waals surface area contributed by atoms with Gasteiger partial charge in [-0.3, -0.25) is 0 Å². The molecule has 1 rings (SSSR count). The molecule has 0 amide bonds. The van der Waals surface area contributed by atoms with Crippen molar-refractivity contribution in [2.75, 3.05) is 14.2 Å². The average Bonchev–Trinajstić information content (AvgIpc) is 2.34. The van der Waals surface area contributed by atoms with Gasteiger partial charge in [-0.1, -0.05) is 20.8 Å². The van der Waals surface area contributed by atoms with Crippen LogP contribution in [0.2, 0.25) is 0 Å². The number of hydrogen-bond acceptors (Lipinski definition) is 3. The van der Waals surface area contributed by atoms with Crippen molar-refractivity contribution in [1.82, 2.24) is 5.32 Å². The highest BCUT2D eigenvalue weighted by atomic mass is 16.5. The molecule has 0 aromatic heterocycles. The molecule has 0 saturated carbocycles. The molecule has 0 unspecified atom stereocenters. The molecule has 0 atom stereocenters. The molecule has 0 radical (unpaired) electrons. The van der Waals surface area contributed by atoms with Gasteiger partial charge in [0.05, 0.1) is 14.2 Å². The van der Waals surface area contributed by atoms with Gasteiger partial charge in [-0.25, -0.2) is 0 Å². The highest BCUT2D eigenvalue weighted by Gasteiger charge is 2.10. The van der Waals surface area contributed by atoms with Gasteiger partial charge in [0.2, 0.25) is 0 Å². The summed E-state index contributed by atoms with van der Waals surface area (Å²) in [5.41, 5.74) is 2.31. The van der Waals surface area contributed by atoms with Crippen molar-refractivity contribution in [1.29, 1.82) is 0 Å². The molecule has 0 aliphatic carbocycles. The number of hydrogen-bond donors (Lipinski definition) is 1. The van der Waals surface area contributed by atoms with Gasteiger partial charge in [0.1, 0.15) is 11.5 Å². The summed E-state index contributed by atoms with van der Waals surface area (Å²) < 4.78 is 10.8. The molecule has 0 bridgehead atoms. The zero-order valence-electron chi connectivity index (χ0n) is 11.5. The summed E-state index contributed by atoms with van der Waals surface area (Å²) in [5, 5.41) is 3.39. The van der Waals surface area contributed by atoms with Crippen LogP contribution in [0.3, 0.4) is 0 Å². The Bertz CT molecular complexity index is 361. The number of ether oxygens (including phenoxy) is 2. The van der Waals surface area contributed by atoms with E-state index in [4.69, 9.17) is 9.47 Å². The summed E-state index contributed by atoms with van der Waals surface area (Å²) in [4.78, 5) is 0. The SMILES string of the molecule is CCc1cc(OC)c(CNC(C)C)cc1OC. The molecule has 3 nitrogen and oxygen atoms in total. The molecule has 0 saturated heterocycles. The lowest BCUT2D eigenvalue weighted by Gasteiger charge is -2.15. The topological polar surface area (TPSA) is 30.5 Å². The van der Waals surface area contributed by atoms with E-state index in [1.54, 1.807) is 14.2 Å². The zero-order valence-corrected chi connectivity index (χ0v) is 11.5. The van der Waals surface area contributed by atoms with E-state index in [-0.39, 0.29) is 0 Å². The van der Waals surface area contributed by atoms with Crippen LogP contribution in [0.4, 0.5) is 0 Å². The third-order valence-electron chi connectivity index (χ3n) is 2.77. The van der Waals surface area contributed by atoms with E-state index < -0.39 is 0 Å². The fourth-order valence-electron chi connectivity index (χ4n) is 1.75. The van der Waals surface area contributed by atoms with Crippen LogP contribution < -0.4 is 14.8 Å². The van der Waals surface area contributed by atoms with Crippen LogP contribution >= 0.6 is 0 Å². The van der Waals surface area contributed by atoms with Crippen LogP contribution in [-0.4, -0.2) is 20.3 Å². The Labute approximate surface area is 104 Å². The van der Waals surface area contributed by atoms with Gasteiger partial charge in [0, 0.05) is 18.2 Å². The van der Waals surface area contributed by atoms with E-state index in [2.05, 4.69) is 38.2 Å². The summed E-state index contributed by atoms with van der Waals surface area (Å²) in [5.74, 6) is 1.87. The van der Waals surface area contributed by atoms with Crippen molar-refractivity contribution in [3.63, 3.8) is 0 Å². The van der Waals surface area contributed by atoms with Gasteiger partial charge in [0.15, 0.2) is 0 Å². The third-order valence-corrected chi connectivity index (χ3v) is 2.77. The average molecular weight is 237 g/mol. The van der Waals surface area contributed by atoms with Crippen LogP contribution in [0.25, 0.3) is 0 Å². The first kappa shape index (κ1) is 13.8. The largest absolute Gasteiger partial charge is 0.496 e. The molecule has 0 aliphatic rings. The van der Waals surface area contributed by atoms with Crippen LogP contribution in [0.5, 0.6) is 11.5 Å². The maximum atomic E-state index is 5.42. The van der Waals surface area contributed by atoms with Gasteiger partial charge in [0.25, 0.3) is 0 Å². The van der Waals surface area contributed by atoms with Crippen molar-refractivity contribution in [3.8, 4) is 11.5 Å². The zero-order chi connectivity index (χ0) is 12.8. The second-order valence-corrected chi connectivity index (χ2v) is 4.37. The summed E-state index contributed by atoms with van der Waals surface area (Å²) in [6, 6.07) is 4.58. The Hall–Kier alpha value is -1.22. The number of rotatable bonds is 6. The molecular formula is C14H23NO2. The lowest BCUT2D eigenvalue weighted by molar-refractivity contribution is 0.392. The number of aryl methyl sites for hydroxylation is 1. The predicted octanol–water partition coefficient (Wildman–Crippen LogP) is 2.76. The minimum Gasteiger partial charge on any atom is -0.496 e. The van der Waals surface area contributed by atoms with Gasteiger partial charge < -0.3 is 14.8 Å². The van der Waals surface area contributed by atoms with Gasteiger partial charge in [-0.2, -0.15) is 0 Å². The second-order valence-electron chi connectivity index (χ2n) is 4.37. The van der Waals surface area contributed by atoms with E-state index in [0.717, 1.165) is 30.0 Å². The third kappa shape index (κ3) is 3.63. The highest BCUT2D eigenvalue weighted by molar-refractivity contribution is 5.46. The first-order chi connectivity index (χ1) is 8.12. The Balaban J connectivity index is 3.01. The number of methoxy groups -OCH3 is 2. The van der Waals surface area contributed by atoms with E-state index >= 15 is 0 Å². The molecule has 0 heterocycles. The Morgan fingerprint density at radius 1 is 1.06 bits per heavy atom. The van der Waals surface area contributed by atoms with Crippen LogP contribution in [0, 0.1) is 0 Å². The Morgan fingerprint density at radius 2 is 1.59 bits per heavy atom. The van der Waals surface area contributed by atoms with Crippen molar-refractivity contribution in [2.45, 2.75) is 39.8 Å². The molecular weight excluding hydrogens is 214 g/mol. The Kier molecular flexibility index (Phi) is 5.29. The Morgan fingerprint density at radius 3 is 2.06 bits per heavy atom. The summed E-state index contributed by atoms with van der Waals surface area (Å²) in [7, 11) is 3.42. The quantitative estimate of drug-likeness (QED) is 0.825. The molecule has 96 valence electrons. The molecule has 1 aromatic carbocycles.